The van der Waals surface area contributed by atoms with E-state index in [0.717, 1.165) is 36.3 Å². The van der Waals surface area contributed by atoms with Gasteiger partial charge in [0.25, 0.3) is 0 Å². The maximum absolute atomic E-state index is 6.26. The van der Waals surface area contributed by atoms with Crippen LogP contribution in [-0.4, -0.2) is 6.61 Å². The second kappa shape index (κ2) is 7.32. The van der Waals surface area contributed by atoms with Gasteiger partial charge in [0.2, 0.25) is 0 Å². The van der Waals surface area contributed by atoms with Crippen molar-refractivity contribution in [3.63, 3.8) is 0 Å². The molecular weight excluding hydrogens is 270 g/mol. The smallest absolute Gasteiger partial charge is 0.119 e. The molecule has 2 rings (SSSR count). The number of nitrogens with two attached hydrogens (primary N) is 1. The fourth-order valence-corrected chi connectivity index (χ4v) is 2.27. The van der Waals surface area contributed by atoms with E-state index < -0.39 is 0 Å². The SMILES string of the molecule is CCCCOc1ccc(C(N)c2ccccc2Cl)cc1. The average molecular weight is 290 g/mol. The number of hydrogen-bond donors (Lipinski definition) is 1. The first-order valence-electron chi connectivity index (χ1n) is 6.95. The van der Waals surface area contributed by atoms with E-state index in [9.17, 15) is 0 Å². The first-order valence-corrected chi connectivity index (χ1v) is 7.33. The Morgan fingerprint density at radius 2 is 1.80 bits per heavy atom. The van der Waals surface area contributed by atoms with Crippen molar-refractivity contribution in [2.24, 2.45) is 5.73 Å². The molecule has 0 fully saturated rings. The van der Waals surface area contributed by atoms with Gasteiger partial charge in [-0.25, -0.2) is 0 Å². The summed E-state index contributed by atoms with van der Waals surface area (Å²) in [7, 11) is 0. The zero-order valence-electron chi connectivity index (χ0n) is 11.7. The average Bonchev–Trinajstić information content (AvgIpc) is 2.48. The summed E-state index contributed by atoms with van der Waals surface area (Å²) < 4.78 is 5.64. The minimum Gasteiger partial charge on any atom is -0.494 e. The number of unbranched alkanes of at least 4 members (excludes halogenated alkanes) is 1. The summed E-state index contributed by atoms with van der Waals surface area (Å²) in [6.45, 7) is 2.90. The van der Waals surface area contributed by atoms with Crippen LogP contribution in [0.15, 0.2) is 48.5 Å². The summed E-state index contributed by atoms with van der Waals surface area (Å²) in [5, 5.41) is 0.697. The Labute approximate surface area is 125 Å². The van der Waals surface area contributed by atoms with Gasteiger partial charge < -0.3 is 10.5 Å². The van der Waals surface area contributed by atoms with E-state index in [0.29, 0.717) is 5.02 Å². The molecule has 1 unspecified atom stereocenters. The Morgan fingerprint density at radius 3 is 2.45 bits per heavy atom. The van der Waals surface area contributed by atoms with Crippen LogP contribution in [0.4, 0.5) is 0 Å². The number of hydrogen-bond acceptors (Lipinski definition) is 2. The van der Waals surface area contributed by atoms with E-state index in [2.05, 4.69) is 6.92 Å². The number of ether oxygens (including phenoxy) is 1. The Balaban J connectivity index is 2.08. The fraction of sp³-hybridized carbons (Fsp3) is 0.294. The molecule has 20 heavy (non-hydrogen) atoms. The van der Waals surface area contributed by atoms with Crippen LogP contribution in [0.5, 0.6) is 5.75 Å². The fourth-order valence-electron chi connectivity index (χ4n) is 2.01. The predicted molar refractivity (Wildman–Crippen MR) is 84.3 cm³/mol. The molecule has 0 saturated heterocycles. The highest BCUT2D eigenvalue weighted by Crippen LogP contribution is 2.27. The van der Waals surface area contributed by atoms with Crippen molar-refractivity contribution in [1.82, 2.24) is 0 Å². The van der Waals surface area contributed by atoms with Gasteiger partial charge >= 0.3 is 0 Å². The molecule has 0 saturated carbocycles. The first kappa shape index (κ1) is 14.9. The molecule has 0 aromatic heterocycles. The van der Waals surface area contributed by atoms with E-state index in [1.165, 1.54) is 0 Å². The molecule has 0 radical (unpaired) electrons. The predicted octanol–water partition coefficient (Wildman–Crippen LogP) is 4.57. The molecule has 2 N–H and O–H groups in total. The molecule has 0 heterocycles. The molecule has 0 bridgehead atoms. The Morgan fingerprint density at radius 1 is 1.10 bits per heavy atom. The summed E-state index contributed by atoms with van der Waals surface area (Å²) in [6, 6.07) is 15.4. The molecule has 0 aliphatic heterocycles. The summed E-state index contributed by atoms with van der Waals surface area (Å²) in [5.74, 6) is 0.883. The maximum atomic E-state index is 6.26. The third kappa shape index (κ3) is 3.75. The van der Waals surface area contributed by atoms with Crippen LogP contribution in [0.25, 0.3) is 0 Å². The monoisotopic (exact) mass is 289 g/mol. The second-order valence-electron chi connectivity index (χ2n) is 4.77. The molecule has 0 aliphatic carbocycles. The molecular formula is C17H20ClNO. The van der Waals surface area contributed by atoms with Crippen LogP contribution in [0.3, 0.4) is 0 Å². The number of benzene rings is 2. The molecule has 3 heteroatoms. The van der Waals surface area contributed by atoms with Crippen molar-refractivity contribution in [2.45, 2.75) is 25.8 Å². The zero-order valence-corrected chi connectivity index (χ0v) is 12.4. The van der Waals surface area contributed by atoms with Crippen LogP contribution in [-0.2, 0) is 0 Å². The first-order chi connectivity index (χ1) is 9.72. The van der Waals surface area contributed by atoms with Crippen molar-refractivity contribution in [1.29, 1.82) is 0 Å². The van der Waals surface area contributed by atoms with Crippen molar-refractivity contribution in [2.75, 3.05) is 6.61 Å². The standard InChI is InChI=1S/C17H20ClNO/c1-2-3-12-20-14-10-8-13(9-11-14)17(19)15-6-4-5-7-16(15)18/h4-11,17H,2-3,12,19H2,1H3. The van der Waals surface area contributed by atoms with Gasteiger partial charge in [-0.05, 0) is 35.7 Å². The van der Waals surface area contributed by atoms with E-state index in [1.807, 2.05) is 48.5 Å². The molecule has 0 spiro atoms. The van der Waals surface area contributed by atoms with Gasteiger partial charge in [-0.3, -0.25) is 0 Å². The third-order valence-electron chi connectivity index (χ3n) is 3.25. The van der Waals surface area contributed by atoms with Gasteiger partial charge in [0.05, 0.1) is 12.6 Å². The van der Waals surface area contributed by atoms with E-state index in [4.69, 9.17) is 22.1 Å². The van der Waals surface area contributed by atoms with Crippen molar-refractivity contribution < 1.29 is 4.74 Å². The van der Waals surface area contributed by atoms with Crippen molar-refractivity contribution in [3.05, 3.63) is 64.7 Å². The second-order valence-corrected chi connectivity index (χ2v) is 5.18. The normalized spacial score (nSPS) is 12.2. The summed E-state index contributed by atoms with van der Waals surface area (Å²) in [4.78, 5) is 0. The summed E-state index contributed by atoms with van der Waals surface area (Å²) in [6.07, 6.45) is 2.20. The molecule has 0 amide bonds. The summed E-state index contributed by atoms with van der Waals surface area (Å²) in [5.41, 5.74) is 8.23. The molecule has 0 aliphatic rings. The van der Waals surface area contributed by atoms with Gasteiger partial charge in [-0.2, -0.15) is 0 Å². The van der Waals surface area contributed by atoms with Gasteiger partial charge in [0, 0.05) is 5.02 Å². The van der Waals surface area contributed by atoms with E-state index >= 15 is 0 Å². The number of halogens is 1. The molecule has 2 aromatic rings. The van der Waals surface area contributed by atoms with Crippen LogP contribution >= 0.6 is 11.6 Å². The van der Waals surface area contributed by atoms with Crippen LogP contribution in [0, 0.1) is 0 Å². The quantitative estimate of drug-likeness (QED) is 0.791. The lowest BCUT2D eigenvalue weighted by Crippen LogP contribution is -2.12. The highest BCUT2D eigenvalue weighted by atomic mass is 35.5. The zero-order chi connectivity index (χ0) is 14.4. The largest absolute Gasteiger partial charge is 0.494 e. The molecule has 2 aromatic carbocycles. The maximum Gasteiger partial charge on any atom is 0.119 e. The van der Waals surface area contributed by atoms with Crippen molar-refractivity contribution >= 4 is 11.6 Å². The Bertz CT molecular complexity index is 539. The molecule has 1 atom stereocenters. The lowest BCUT2D eigenvalue weighted by atomic mass is 9.99. The summed E-state index contributed by atoms with van der Waals surface area (Å²) >= 11 is 6.18. The lowest BCUT2D eigenvalue weighted by Gasteiger charge is -2.15. The topological polar surface area (TPSA) is 35.2 Å². The lowest BCUT2D eigenvalue weighted by molar-refractivity contribution is 0.309. The Hall–Kier alpha value is -1.51. The minimum absolute atomic E-state index is 0.214. The Kier molecular flexibility index (Phi) is 5.45. The number of rotatable bonds is 6. The molecule has 106 valence electrons. The van der Waals surface area contributed by atoms with Gasteiger partial charge in [-0.15, -0.1) is 0 Å². The van der Waals surface area contributed by atoms with Crippen molar-refractivity contribution in [3.8, 4) is 5.75 Å². The molecule has 2 nitrogen and oxygen atoms in total. The third-order valence-corrected chi connectivity index (χ3v) is 3.59. The highest BCUT2D eigenvalue weighted by Gasteiger charge is 2.11. The van der Waals surface area contributed by atoms with E-state index in [-0.39, 0.29) is 6.04 Å². The van der Waals surface area contributed by atoms with Crippen LogP contribution in [0.1, 0.15) is 36.9 Å². The van der Waals surface area contributed by atoms with E-state index in [1.54, 1.807) is 0 Å². The minimum atomic E-state index is -0.214. The van der Waals surface area contributed by atoms with Gasteiger partial charge in [-0.1, -0.05) is 55.3 Å². The van der Waals surface area contributed by atoms with Crippen LogP contribution in [0.2, 0.25) is 5.02 Å². The highest BCUT2D eigenvalue weighted by molar-refractivity contribution is 6.31. The van der Waals surface area contributed by atoms with Crippen LogP contribution < -0.4 is 10.5 Å². The van der Waals surface area contributed by atoms with Gasteiger partial charge in [0.1, 0.15) is 5.75 Å². The van der Waals surface area contributed by atoms with Gasteiger partial charge in [0.15, 0.2) is 0 Å².